The van der Waals surface area contributed by atoms with Gasteiger partial charge in [0.15, 0.2) is 0 Å². The second-order valence-corrected chi connectivity index (χ2v) is 3.10. The van der Waals surface area contributed by atoms with Crippen LogP contribution in [0.4, 0.5) is 0 Å². The maximum absolute atomic E-state index is 11.8. The van der Waals surface area contributed by atoms with Gasteiger partial charge < -0.3 is 4.98 Å². The standard InChI is InChI=1S/C10H7N3O/c14-10-7-3-1-2-4-8(7)12-9-5-6-11-13(9)10/h1-6,12H. The number of rotatable bonds is 0. The second-order valence-electron chi connectivity index (χ2n) is 3.10. The molecule has 2 aromatic heterocycles. The summed E-state index contributed by atoms with van der Waals surface area (Å²) >= 11 is 0. The summed E-state index contributed by atoms with van der Waals surface area (Å²) in [5, 5.41) is 4.60. The van der Waals surface area contributed by atoms with Gasteiger partial charge in [0.25, 0.3) is 5.56 Å². The first kappa shape index (κ1) is 7.32. The molecule has 4 heteroatoms. The topological polar surface area (TPSA) is 50.2 Å². The van der Waals surface area contributed by atoms with Gasteiger partial charge in [-0.3, -0.25) is 4.79 Å². The SMILES string of the molecule is O=c1c2ccccc2[nH]c2ccnn12. The predicted molar refractivity (Wildman–Crippen MR) is 53.3 cm³/mol. The van der Waals surface area contributed by atoms with Crippen LogP contribution < -0.4 is 5.56 Å². The number of aromatic amines is 1. The van der Waals surface area contributed by atoms with Crippen molar-refractivity contribution in [3.8, 4) is 0 Å². The maximum Gasteiger partial charge on any atom is 0.282 e. The molecule has 1 N–H and O–H groups in total. The third-order valence-electron chi connectivity index (χ3n) is 2.26. The van der Waals surface area contributed by atoms with Crippen LogP contribution in [0.2, 0.25) is 0 Å². The highest BCUT2D eigenvalue weighted by Crippen LogP contribution is 2.07. The minimum Gasteiger partial charge on any atom is -0.339 e. The van der Waals surface area contributed by atoms with Crippen molar-refractivity contribution in [3.63, 3.8) is 0 Å². The zero-order chi connectivity index (χ0) is 9.54. The number of aromatic nitrogens is 3. The van der Waals surface area contributed by atoms with Gasteiger partial charge in [0.05, 0.1) is 17.1 Å². The Morgan fingerprint density at radius 1 is 1.21 bits per heavy atom. The number of nitrogens with zero attached hydrogens (tertiary/aromatic N) is 2. The molecule has 2 heterocycles. The molecule has 0 amide bonds. The van der Waals surface area contributed by atoms with Crippen molar-refractivity contribution in [1.82, 2.24) is 14.6 Å². The van der Waals surface area contributed by atoms with E-state index in [4.69, 9.17) is 0 Å². The van der Waals surface area contributed by atoms with E-state index in [9.17, 15) is 4.79 Å². The number of H-pyrrole nitrogens is 1. The Kier molecular flexibility index (Phi) is 1.28. The third kappa shape index (κ3) is 0.821. The van der Waals surface area contributed by atoms with Gasteiger partial charge in [-0.05, 0) is 12.1 Å². The number of hydrogen-bond donors (Lipinski definition) is 1. The Morgan fingerprint density at radius 3 is 3.00 bits per heavy atom. The van der Waals surface area contributed by atoms with E-state index in [2.05, 4.69) is 10.1 Å². The van der Waals surface area contributed by atoms with Gasteiger partial charge in [-0.1, -0.05) is 12.1 Å². The molecule has 0 atom stereocenters. The summed E-state index contributed by atoms with van der Waals surface area (Å²) in [4.78, 5) is 15.0. The molecule has 1 aromatic carbocycles. The fraction of sp³-hybridized carbons (Fsp3) is 0. The van der Waals surface area contributed by atoms with Crippen molar-refractivity contribution in [2.45, 2.75) is 0 Å². The first-order valence-corrected chi connectivity index (χ1v) is 4.31. The van der Waals surface area contributed by atoms with Gasteiger partial charge in [-0.2, -0.15) is 9.61 Å². The van der Waals surface area contributed by atoms with Gasteiger partial charge in [-0.15, -0.1) is 0 Å². The van der Waals surface area contributed by atoms with Crippen LogP contribution in [-0.2, 0) is 0 Å². The molecule has 68 valence electrons. The average molecular weight is 185 g/mol. The van der Waals surface area contributed by atoms with Gasteiger partial charge in [0.1, 0.15) is 5.65 Å². The Balaban J connectivity index is 2.70. The smallest absolute Gasteiger partial charge is 0.282 e. The molecule has 0 aliphatic rings. The lowest BCUT2D eigenvalue weighted by atomic mass is 10.2. The van der Waals surface area contributed by atoms with Gasteiger partial charge in [-0.25, -0.2) is 0 Å². The molecule has 4 nitrogen and oxygen atoms in total. The molecule has 14 heavy (non-hydrogen) atoms. The lowest BCUT2D eigenvalue weighted by Crippen LogP contribution is -2.14. The van der Waals surface area contributed by atoms with Crippen LogP contribution in [-0.4, -0.2) is 14.6 Å². The first-order chi connectivity index (χ1) is 6.86. The van der Waals surface area contributed by atoms with Crippen LogP contribution in [0.15, 0.2) is 41.3 Å². The van der Waals surface area contributed by atoms with Crippen molar-refractivity contribution in [2.75, 3.05) is 0 Å². The molecular formula is C10H7N3O. The Bertz CT molecular complexity index is 665. The summed E-state index contributed by atoms with van der Waals surface area (Å²) < 4.78 is 1.36. The zero-order valence-corrected chi connectivity index (χ0v) is 7.27. The molecule has 0 bridgehead atoms. The predicted octanol–water partition coefficient (Wildman–Crippen LogP) is 1.18. The Labute approximate surface area is 78.8 Å². The molecule has 3 aromatic rings. The van der Waals surface area contributed by atoms with Crippen LogP contribution in [0.1, 0.15) is 0 Å². The van der Waals surface area contributed by atoms with E-state index < -0.39 is 0 Å². The maximum atomic E-state index is 11.8. The van der Waals surface area contributed by atoms with Crippen LogP contribution in [0, 0.1) is 0 Å². The number of fused-ring (bicyclic) bond motifs is 2. The van der Waals surface area contributed by atoms with Crippen LogP contribution in [0.25, 0.3) is 16.6 Å². The number of nitrogens with one attached hydrogen (secondary N) is 1. The average Bonchev–Trinajstić information content (AvgIpc) is 2.66. The lowest BCUT2D eigenvalue weighted by molar-refractivity contribution is 0.915. The van der Waals surface area contributed by atoms with E-state index in [1.54, 1.807) is 18.3 Å². The number of para-hydroxylation sites is 1. The quantitative estimate of drug-likeness (QED) is 0.571. The summed E-state index contributed by atoms with van der Waals surface area (Å²) in [7, 11) is 0. The van der Waals surface area contributed by atoms with E-state index >= 15 is 0 Å². The van der Waals surface area contributed by atoms with Crippen LogP contribution in [0.5, 0.6) is 0 Å². The van der Waals surface area contributed by atoms with E-state index in [-0.39, 0.29) is 5.56 Å². The highest BCUT2D eigenvalue weighted by Gasteiger charge is 2.03. The van der Waals surface area contributed by atoms with E-state index in [0.717, 1.165) is 5.52 Å². The van der Waals surface area contributed by atoms with Crippen molar-refractivity contribution in [3.05, 3.63) is 46.9 Å². The van der Waals surface area contributed by atoms with Crippen LogP contribution in [0.3, 0.4) is 0 Å². The second kappa shape index (κ2) is 2.45. The molecule has 0 aliphatic heterocycles. The van der Waals surface area contributed by atoms with Gasteiger partial charge >= 0.3 is 0 Å². The fourth-order valence-electron chi connectivity index (χ4n) is 1.59. The van der Waals surface area contributed by atoms with Gasteiger partial charge in [0, 0.05) is 6.07 Å². The minimum atomic E-state index is -0.0839. The molecule has 0 saturated carbocycles. The summed E-state index contributed by atoms with van der Waals surface area (Å²) in [5.41, 5.74) is 1.47. The fourth-order valence-corrected chi connectivity index (χ4v) is 1.59. The molecule has 0 fully saturated rings. The molecule has 0 saturated heterocycles. The normalized spacial score (nSPS) is 11.1. The molecule has 0 unspecified atom stereocenters. The Hall–Kier alpha value is -2.10. The zero-order valence-electron chi connectivity index (χ0n) is 7.27. The largest absolute Gasteiger partial charge is 0.339 e. The summed E-state index contributed by atoms with van der Waals surface area (Å²) in [5.74, 6) is 0. The summed E-state index contributed by atoms with van der Waals surface area (Å²) in [6, 6.07) is 9.17. The first-order valence-electron chi connectivity index (χ1n) is 4.31. The van der Waals surface area contributed by atoms with Crippen molar-refractivity contribution < 1.29 is 0 Å². The highest BCUT2D eigenvalue weighted by molar-refractivity contribution is 5.79. The van der Waals surface area contributed by atoms with E-state index in [1.807, 2.05) is 18.2 Å². The van der Waals surface area contributed by atoms with Gasteiger partial charge in [0.2, 0.25) is 0 Å². The van der Waals surface area contributed by atoms with Crippen LogP contribution >= 0.6 is 0 Å². The molecular weight excluding hydrogens is 178 g/mol. The summed E-state index contributed by atoms with van der Waals surface area (Å²) in [6.45, 7) is 0. The van der Waals surface area contributed by atoms with Crippen molar-refractivity contribution >= 4 is 16.6 Å². The lowest BCUT2D eigenvalue weighted by Gasteiger charge is -1.98. The van der Waals surface area contributed by atoms with E-state index in [1.165, 1.54) is 4.52 Å². The minimum absolute atomic E-state index is 0.0839. The number of hydrogen-bond acceptors (Lipinski definition) is 2. The Morgan fingerprint density at radius 2 is 2.07 bits per heavy atom. The van der Waals surface area contributed by atoms with Crippen molar-refractivity contribution in [1.29, 1.82) is 0 Å². The summed E-state index contributed by atoms with van der Waals surface area (Å²) in [6.07, 6.45) is 1.60. The molecule has 0 radical (unpaired) electrons. The number of benzene rings is 1. The monoisotopic (exact) mass is 185 g/mol. The molecule has 0 aliphatic carbocycles. The third-order valence-corrected chi connectivity index (χ3v) is 2.26. The molecule has 3 rings (SSSR count). The van der Waals surface area contributed by atoms with Crippen molar-refractivity contribution in [2.24, 2.45) is 0 Å². The molecule has 0 spiro atoms. The highest BCUT2D eigenvalue weighted by atomic mass is 16.1. The van der Waals surface area contributed by atoms with E-state index in [0.29, 0.717) is 11.0 Å².